The first-order chi connectivity index (χ1) is 10.9. The van der Waals surface area contributed by atoms with E-state index < -0.39 is 10.0 Å². The third-order valence-electron chi connectivity index (χ3n) is 3.92. The number of piperidine rings is 1. The van der Waals surface area contributed by atoms with Crippen LogP contribution in [0.3, 0.4) is 0 Å². The summed E-state index contributed by atoms with van der Waals surface area (Å²) in [6.45, 7) is 1.57. The van der Waals surface area contributed by atoms with Gasteiger partial charge in [-0.05, 0) is 30.9 Å². The maximum absolute atomic E-state index is 11.9. The Balaban J connectivity index is 1.75. The number of rotatable bonds is 5. The lowest BCUT2D eigenvalue weighted by atomic mass is 9.98. The van der Waals surface area contributed by atoms with Gasteiger partial charge in [-0.2, -0.15) is 0 Å². The molecule has 0 saturated carbocycles. The van der Waals surface area contributed by atoms with Crippen LogP contribution in [0.1, 0.15) is 12.8 Å². The Morgan fingerprint density at radius 3 is 2.65 bits per heavy atom. The van der Waals surface area contributed by atoms with Gasteiger partial charge in [0, 0.05) is 31.4 Å². The van der Waals surface area contributed by atoms with Crippen LogP contribution in [-0.4, -0.2) is 51.8 Å². The smallest absolute Gasteiger partial charge is 0.319 e. The molecule has 0 atom stereocenters. The zero-order chi connectivity index (χ0) is 16.9. The average molecular weight is 341 g/mol. The average Bonchev–Trinajstić information content (AvgIpc) is 2.52. The van der Waals surface area contributed by atoms with Gasteiger partial charge >= 0.3 is 6.03 Å². The molecule has 2 amide bonds. The Hall–Kier alpha value is -1.80. The second-order valence-corrected chi connectivity index (χ2v) is 7.65. The van der Waals surface area contributed by atoms with E-state index in [0.717, 1.165) is 12.8 Å². The predicted octanol–water partition coefficient (Wildman–Crippen LogP) is 1.49. The fraction of sp³-hybridized carbons (Fsp3) is 0.533. The van der Waals surface area contributed by atoms with Crippen LogP contribution in [0.4, 0.5) is 10.5 Å². The van der Waals surface area contributed by atoms with Gasteiger partial charge in [-0.25, -0.2) is 17.5 Å². The first kappa shape index (κ1) is 17.6. The highest BCUT2D eigenvalue weighted by Gasteiger charge is 2.24. The lowest BCUT2D eigenvalue weighted by Gasteiger charge is -2.30. The number of methoxy groups -OCH3 is 1. The van der Waals surface area contributed by atoms with Crippen molar-refractivity contribution in [2.75, 3.05) is 38.3 Å². The van der Waals surface area contributed by atoms with Crippen LogP contribution in [0.15, 0.2) is 24.3 Å². The first-order valence-corrected chi connectivity index (χ1v) is 9.37. The Kier molecular flexibility index (Phi) is 5.84. The lowest BCUT2D eigenvalue weighted by molar-refractivity contribution is 0.241. The third-order valence-corrected chi connectivity index (χ3v) is 5.22. The van der Waals surface area contributed by atoms with Crippen molar-refractivity contribution in [3.8, 4) is 5.75 Å². The number of nitrogens with zero attached hydrogens (tertiary/aromatic N) is 1. The number of hydrogen-bond donors (Lipinski definition) is 2. The van der Waals surface area contributed by atoms with Crippen LogP contribution in [-0.2, 0) is 10.0 Å². The number of hydrogen-bond acceptors (Lipinski definition) is 4. The predicted molar refractivity (Wildman–Crippen MR) is 89.2 cm³/mol. The molecule has 23 heavy (non-hydrogen) atoms. The quantitative estimate of drug-likeness (QED) is 0.849. The van der Waals surface area contributed by atoms with Crippen LogP contribution < -0.4 is 15.4 Å². The highest BCUT2D eigenvalue weighted by molar-refractivity contribution is 7.88. The number of carbonyl (C=O) groups excluding carboxylic acids is 1. The van der Waals surface area contributed by atoms with E-state index in [2.05, 4.69) is 10.6 Å². The largest absolute Gasteiger partial charge is 0.497 e. The Labute approximate surface area is 137 Å². The Morgan fingerprint density at radius 2 is 2.04 bits per heavy atom. The number of amides is 2. The molecule has 0 radical (unpaired) electrons. The number of ether oxygens (including phenoxy) is 1. The summed E-state index contributed by atoms with van der Waals surface area (Å²) in [7, 11) is -1.53. The number of benzene rings is 1. The number of anilines is 1. The van der Waals surface area contributed by atoms with Crippen LogP contribution >= 0.6 is 0 Å². The summed E-state index contributed by atoms with van der Waals surface area (Å²) in [5.41, 5.74) is 0.661. The monoisotopic (exact) mass is 341 g/mol. The molecule has 1 fully saturated rings. The molecule has 1 saturated heterocycles. The SMILES string of the molecule is COc1cccc(NC(=O)NCC2CCN(S(C)(=O)=O)CC2)c1. The van der Waals surface area contributed by atoms with E-state index in [1.165, 1.54) is 10.6 Å². The van der Waals surface area contributed by atoms with Gasteiger partial charge in [-0.3, -0.25) is 0 Å². The van der Waals surface area contributed by atoms with E-state index in [0.29, 0.717) is 37.0 Å². The highest BCUT2D eigenvalue weighted by Crippen LogP contribution is 2.19. The number of carbonyl (C=O) groups is 1. The maximum atomic E-state index is 11.9. The van der Waals surface area contributed by atoms with E-state index in [9.17, 15) is 13.2 Å². The summed E-state index contributed by atoms with van der Waals surface area (Å²) in [6, 6.07) is 6.86. The minimum atomic E-state index is -3.11. The lowest BCUT2D eigenvalue weighted by Crippen LogP contribution is -2.41. The molecular weight excluding hydrogens is 318 g/mol. The van der Waals surface area contributed by atoms with Gasteiger partial charge in [0.25, 0.3) is 0 Å². The van der Waals surface area contributed by atoms with E-state index >= 15 is 0 Å². The third kappa shape index (κ3) is 5.40. The van der Waals surface area contributed by atoms with Gasteiger partial charge in [0.2, 0.25) is 10.0 Å². The van der Waals surface area contributed by atoms with Crippen LogP contribution in [0.2, 0.25) is 0 Å². The van der Waals surface area contributed by atoms with E-state index in [1.54, 1.807) is 31.4 Å². The van der Waals surface area contributed by atoms with E-state index in [1.807, 2.05) is 0 Å². The van der Waals surface area contributed by atoms with Crippen LogP contribution in [0.25, 0.3) is 0 Å². The molecule has 1 heterocycles. The van der Waals surface area contributed by atoms with Crippen molar-refractivity contribution in [1.29, 1.82) is 0 Å². The second kappa shape index (κ2) is 7.65. The van der Waals surface area contributed by atoms with Crippen molar-refractivity contribution in [2.24, 2.45) is 5.92 Å². The zero-order valence-electron chi connectivity index (χ0n) is 13.4. The second-order valence-electron chi connectivity index (χ2n) is 5.67. The molecule has 0 aromatic heterocycles. The van der Waals surface area contributed by atoms with Crippen molar-refractivity contribution in [2.45, 2.75) is 12.8 Å². The van der Waals surface area contributed by atoms with Crippen LogP contribution in [0, 0.1) is 5.92 Å². The molecule has 0 aliphatic carbocycles. The van der Waals surface area contributed by atoms with Gasteiger partial charge in [-0.15, -0.1) is 0 Å². The standard InChI is InChI=1S/C15H23N3O4S/c1-22-14-5-3-4-13(10-14)17-15(19)16-11-12-6-8-18(9-7-12)23(2,20)21/h3-5,10,12H,6-9,11H2,1-2H3,(H2,16,17,19). The first-order valence-electron chi connectivity index (χ1n) is 7.52. The van der Waals surface area contributed by atoms with Crippen molar-refractivity contribution in [3.05, 3.63) is 24.3 Å². The van der Waals surface area contributed by atoms with Gasteiger partial charge in [0.05, 0.1) is 13.4 Å². The molecule has 0 bridgehead atoms. The summed E-state index contributed by atoms with van der Waals surface area (Å²) in [6.07, 6.45) is 2.74. The van der Waals surface area contributed by atoms with E-state index in [4.69, 9.17) is 4.74 Å². The van der Waals surface area contributed by atoms with Gasteiger partial charge in [-0.1, -0.05) is 6.07 Å². The molecule has 1 aliphatic rings. The van der Waals surface area contributed by atoms with Crippen LogP contribution in [0.5, 0.6) is 5.75 Å². The molecular formula is C15H23N3O4S. The molecule has 1 aliphatic heterocycles. The highest BCUT2D eigenvalue weighted by atomic mass is 32.2. The summed E-state index contributed by atoms with van der Waals surface area (Å²) >= 11 is 0. The van der Waals surface area contributed by atoms with Crippen molar-refractivity contribution >= 4 is 21.7 Å². The summed E-state index contributed by atoms with van der Waals surface area (Å²) in [5.74, 6) is 0.972. The molecule has 1 aromatic carbocycles. The van der Waals surface area contributed by atoms with Gasteiger partial charge in [0.1, 0.15) is 5.75 Å². The molecule has 2 rings (SSSR count). The van der Waals surface area contributed by atoms with Crippen molar-refractivity contribution < 1.29 is 17.9 Å². The van der Waals surface area contributed by atoms with Crippen molar-refractivity contribution in [1.82, 2.24) is 9.62 Å². The fourth-order valence-corrected chi connectivity index (χ4v) is 3.43. The van der Waals surface area contributed by atoms with Gasteiger partial charge in [0.15, 0.2) is 0 Å². The summed E-state index contributed by atoms with van der Waals surface area (Å²) in [4.78, 5) is 11.9. The summed E-state index contributed by atoms with van der Waals surface area (Å²) in [5, 5.41) is 5.59. The molecule has 1 aromatic rings. The van der Waals surface area contributed by atoms with E-state index in [-0.39, 0.29) is 6.03 Å². The molecule has 7 nitrogen and oxygen atoms in total. The minimum absolute atomic E-state index is 0.274. The van der Waals surface area contributed by atoms with Gasteiger partial charge < -0.3 is 15.4 Å². The molecule has 0 unspecified atom stereocenters. The number of sulfonamides is 1. The number of nitrogens with one attached hydrogen (secondary N) is 2. The summed E-state index contributed by atoms with van der Waals surface area (Å²) < 4.78 is 29.5. The molecule has 0 spiro atoms. The number of urea groups is 1. The zero-order valence-corrected chi connectivity index (χ0v) is 14.2. The molecule has 128 valence electrons. The molecule has 8 heteroatoms. The fourth-order valence-electron chi connectivity index (χ4n) is 2.56. The Morgan fingerprint density at radius 1 is 1.35 bits per heavy atom. The maximum Gasteiger partial charge on any atom is 0.319 e. The minimum Gasteiger partial charge on any atom is -0.497 e. The Bertz CT molecular complexity index is 640. The normalized spacial score (nSPS) is 16.8. The molecule has 2 N–H and O–H groups in total. The topological polar surface area (TPSA) is 87.7 Å². The van der Waals surface area contributed by atoms with Crippen molar-refractivity contribution in [3.63, 3.8) is 0 Å².